The summed E-state index contributed by atoms with van der Waals surface area (Å²) in [6, 6.07) is 3.19. The highest BCUT2D eigenvalue weighted by Crippen LogP contribution is 2.33. The Morgan fingerprint density at radius 1 is 1.42 bits per heavy atom. The zero-order valence-corrected chi connectivity index (χ0v) is 13.9. The molecule has 19 heavy (non-hydrogen) atoms. The van der Waals surface area contributed by atoms with Gasteiger partial charge in [-0.3, -0.25) is 9.52 Å². The molecule has 0 saturated heterocycles. The van der Waals surface area contributed by atoms with E-state index in [1.54, 1.807) is 19.1 Å². The van der Waals surface area contributed by atoms with Gasteiger partial charge in [0, 0.05) is 8.95 Å². The van der Waals surface area contributed by atoms with E-state index in [0.717, 1.165) is 0 Å². The maximum Gasteiger partial charge on any atom is 0.323 e. The van der Waals surface area contributed by atoms with E-state index in [9.17, 15) is 13.2 Å². The van der Waals surface area contributed by atoms with Gasteiger partial charge in [-0.25, -0.2) is 8.42 Å². The standard InChI is InChI=1S/C10H12Br2N2O4S/c1-2-18-9(15)5-19(16,17)14-10-7(12)3-6(11)4-8(10)13/h3-4,14H,2,5,13H2,1H3. The lowest BCUT2D eigenvalue weighted by Gasteiger charge is -2.12. The number of hydrogen-bond acceptors (Lipinski definition) is 5. The van der Waals surface area contributed by atoms with Gasteiger partial charge in [0.15, 0.2) is 5.75 Å². The first-order chi connectivity index (χ1) is 8.75. The second-order valence-electron chi connectivity index (χ2n) is 3.52. The molecule has 0 aliphatic carbocycles. The van der Waals surface area contributed by atoms with Crippen LogP contribution in [0.3, 0.4) is 0 Å². The number of benzene rings is 1. The summed E-state index contributed by atoms with van der Waals surface area (Å²) in [5, 5.41) is 0. The van der Waals surface area contributed by atoms with Crippen molar-refractivity contribution in [3.05, 3.63) is 21.1 Å². The van der Waals surface area contributed by atoms with Gasteiger partial charge in [0.05, 0.1) is 18.0 Å². The third kappa shape index (κ3) is 5.00. The summed E-state index contributed by atoms with van der Waals surface area (Å²) in [6.45, 7) is 1.72. The van der Waals surface area contributed by atoms with Gasteiger partial charge in [-0.1, -0.05) is 15.9 Å². The van der Waals surface area contributed by atoms with E-state index < -0.39 is 21.7 Å². The van der Waals surface area contributed by atoms with Crippen LogP contribution in [-0.4, -0.2) is 26.7 Å². The summed E-state index contributed by atoms with van der Waals surface area (Å²) >= 11 is 6.42. The van der Waals surface area contributed by atoms with Crippen molar-refractivity contribution >= 4 is 59.2 Å². The molecule has 3 N–H and O–H groups in total. The van der Waals surface area contributed by atoms with Gasteiger partial charge in [0.25, 0.3) is 0 Å². The Hall–Kier alpha value is -0.800. The molecule has 0 aliphatic rings. The van der Waals surface area contributed by atoms with Crippen molar-refractivity contribution < 1.29 is 17.9 Å². The highest BCUT2D eigenvalue weighted by molar-refractivity contribution is 9.11. The molecule has 0 aliphatic heterocycles. The summed E-state index contributed by atoms with van der Waals surface area (Å²) in [6.07, 6.45) is 0. The third-order valence-electron chi connectivity index (χ3n) is 1.96. The lowest BCUT2D eigenvalue weighted by atomic mass is 10.3. The zero-order chi connectivity index (χ0) is 14.6. The minimum atomic E-state index is -3.86. The molecule has 0 fully saturated rings. The first-order valence-corrected chi connectivity index (χ1v) is 8.39. The first-order valence-electron chi connectivity index (χ1n) is 5.16. The summed E-state index contributed by atoms with van der Waals surface area (Å²) < 4.78 is 31.5. The molecule has 0 spiro atoms. The monoisotopic (exact) mass is 414 g/mol. The van der Waals surface area contributed by atoms with Crippen LogP contribution in [0, 0.1) is 0 Å². The predicted molar refractivity (Wildman–Crippen MR) is 80.3 cm³/mol. The third-order valence-corrected chi connectivity index (χ3v) is 4.17. The van der Waals surface area contributed by atoms with Crippen molar-refractivity contribution in [2.24, 2.45) is 0 Å². The smallest absolute Gasteiger partial charge is 0.323 e. The fourth-order valence-electron chi connectivity index (χ4n) is 1.25. The molecule has 1 aromatic rings. The number of carbonyl (C=O) groups excluding carboxylic acids is 1. The Balaban J connectivity index is 2.93. The Bertz CT molecular complexity index is 566. The second kappa shape index (κ2) is 6.58. The van der Waals surface area contributed by atoms with E-state index in [-0.39, 0.29) is 18.0 Å². The van der Waals surface area contributed by atoms with E-state index in [4.69, 9.17) is 5.73 Å². The summed E-state index contributed by atoms with van der Waals surface area (Å²) in [5.74, 6) is -1.58. The minimum absolute atomic E-state index is 0.123. The van der Waals surface area contributed by atoms with Crippen molar-refractivity contribution in [1.82, 2.24) is 0 Å². The molecule has 0 saturated carbocycles. The van der Waals surface area contributed by atoms with E-state index in [0.29, 0.717) is 8.95 Å². The van der Waals surface area contributed by atoms with Crippen LogP contribution in [0.1, 0.15) is 6.92 Å². The van der Waals surface area contributed by atoms with Crippen molar-refractivity contribution in [2.75, 3.05) is 22.8 Å². The zero-order valence-electron chi connectivity index (χ0n) is 9.94. The van der Waals surface area contributed by atoms with Gasteiger partial charge in [0.2, 0.25) is 10.0 Å². The fraction of sp³-hybridized carbons (Fsp3) is 0.300. The van der Waals surface area contributed by atoms with Crippen LogP contribution in [0.5, 0.6) is 0 Å². The molecule has 0 aromatic heterocycles. The number of anilines is 2. The summed E-state index contributed by atoms with van der Waals surface area (Å²) in [7, 11) is -3.86. The van der Waals surface area contributed by atoms with Crippen molar-refractivity contribution in [2.45, 2.75) is 6.92 Å². The van der Waals surface area contributed by atoms with Gasteiger partial charge >= 0.3 is 5.97 Å². The van der Waals surface area contributed by atoms with Crippen LogP contribution in [0.15, 0.2) is 21.1 Å². The maximum atomic E-state index is 11.8. The Labute approximate surface area is 128 Å². The molecule has 1 rings (SSSR count). The van der Waals surface area contributed by atoms with E-state index in [1.807, 2.05) is 0 Å². The first kappa shape index (κ1) is 16.3. The molecule has 0 bridgehead atoms. The topological polar surface area (TPSA) is 98.5 Å². The fourth-order valence-corrected chi connectivity index (χ4v) is 3.74. The molecule has 1 aromatic carbocycles. The minimum Gasteiger partial charge on any atom is -0.465 e. The molecule has 0 radical (unpaired) electrons. The van der Waals surface area contributed by atoms with Crippen LogP contribution in [-0.2, 0) is 19.6 Å². The number of ether oxygens (including phenoxy) is 1. The number of nitrogen functional groups attached to an aromatic ring is 1. The van der Waals surface area contributed by atoms with Crippen LogP contribution < -0.4 is 10.5 Å². The molecule has 106 valence electrons. The van der Waals surface area contributed by atoms with Gasteiger partial charge in [-0.15, -0.1) is 0 Å². The molecular weight excluding hydrogens is 404 g/mol. The molecule has 6 nitrogen and oxygen atoms in total. The van der Waals surface area contributed by atoms with Crippen LogP contribution >= 0.6 is 31.9 Å². The molecule has 0 amide bonds. The highest BCUT2D eigenvalue weighted by Gasteiger charge is 2.20. The van der Waals surface area contributed by atoms with Gasteiger partial charge in [-0.05, 0) is 35.0 Å². The van der Waals surface area contributed by atoms with Gasteiger partial charge in [-0.2, -0.15) is 0 Å². The molecular formula is C10H12Br2N2O4S. The molecule has 0 unspecified atom stereocenters. The van der Waals surface area contributed by atoms with E-state index >= 15 is 0 Å². The maximum absolute atomic E-state index is 11.8. The number of esters is 1. The number of nitrogens with one attached hydrogen (secondary N) is 1. The van der Waals surface area contributed by atoms with Crippen LogP contribution in [0.25, 0.3) is 0 Å². The quantitative estimate of drug-likeness (QED) is 0.566. The van der Waals surface area contributed by atoms with Gasteiger partial charge in [0.1, 0.15) is 0 Å². The SMILES string of the molecule is CCOC(=O)CS(=O)(=O)Nc1c(N)cc(Br)cc1Br. The molecule has 9 heteroatoms. The molecule has 0 atom stereocenters. The normalized spacial score (nSPS) is 11.1. The lowest BCUT2D eigenvalue weighted by Crippen LogP contribution is -2.25. The average molecular weight is 416 g/mol. The van der Waals surface area contributed by atoms with Crippen LogP contribution in [0.2, 0.25) is 0 Å². The largest absolute Gasteiger partial charge is 0.465 e. The molecule has 0 heterocycles. The van der Waals surface area contributed by atoms with E-state index in [2.05, 4.69) is 41.3 Å². The number of halogens is 2. The average Bonchev–Trinajstić information content (AvgIpc) is 2.23. The number of nitrogens with two attached hydrogens (primary N) is 1. The predicted octanol–water partition coefficient (Wildman–Crippen LogP) is 2.10. The number of sulfonamides is 1. The number of rotatable bonds is 5. The van der Waals surface area contributed by atoms with Gasteiger partial charge < -0.3 is 10.5 Å². The van der Waals surface area contributed by atoms with Crippen molar-refractivity contribution in [3.8, 4) is 0 Å². The van der Waals surface area contributed by atoms with Crippen molar-refractivity contribution in [3.63, 3.8) is 0 Å². The Kier molecular flexibility index (Phi) is 5.63. The number of hydrogen-bond donors (Lipinski definition) is 2. The summed E-state index contributed by atoms with van der Waals surface area (Å²) in [5.41, 5.74) is 6.13. The lowest BCUT2D eigenvalue weighted by molar-refractivity contribution is -0.139. The Morgan fingerprint density at radius 3 is 2.58 bits per heavy atom. The van der Waals surface area contributed by atoms with E-state index in [1.165, 1.54) is 0 Å². The second-order valence-corrected chi connectivity index (χ2v) is 7.01. The Morgan fingerprint density at radius 2 is 2.05 bits per heavy atom. The van der Waals surface area contributed by atoms with Crippen molar-refractivity contribution in [1.29, 1.82) is 0 Å². The highest BCUT2D eigenvalue weighted by atomic mass is 79.9. The summed E-state index contributed by atoms with van der Waals surface area (Å²) in [4.78, 5) is 11.2. The number of carbonyl (C=O) groups is 1. The van der Waals surface area contributed by atoms with Crippen LogP contribution in [0.4, 0.5) is 11.4 Å².